The molecule has 1 heterocycles. The standard InChI is InChI=1S/C25H34BrNO2/c1-17-9-11-20(25(2,3)19-7-5-4-6-8-19)23(15-17)29-24(28)27-14-13-18-10-12-21(26)22(27)16-18/h4-8,12,17-18,20,22-23H,9-11,13-16H2,1-3H3/t17-,18+,20-,22-,23-/m1/s1. The molecular weight excluding hydrogens is 426 g/mol. The zero-order valence-corrected chi connectivity index (χ0v) is 19.5. The normalized spacial score (nSPS) is 32.5. The van der Waals surface area contributed by atoms with Gasteiger partial charge < -0.3 is 9.64 Å². The van der Waals surface area contributed by atoms with E-state index in [1.807, 2.05) is 4.90 Å². The molecule has 1 saturated heterocycles. The van der Waals surface area contributed by atoms with E-state index >= 15 is 0 Å². The van der Waals surface area contributed by atoms with Crippen LogP contribution >= 0.6 is 15.9 Å². The fraction of sp³-hybridized carbons (Fsp3) is 0.640. The fourth-order valence-electron chi connectivity index (χ4n) is 5.71. The highest BCUT2D eigenvalue weighted by molar-refractivity contribution is 9.11. The summed E-state index contributed by atoms with van der Waals surface area (Å²) in [5, 5.41) is 0. The van der Waals surface area contributed by atoms with Crippen molar-refractivity contribution in [3.05, 3.63) is 46.5 Å². The third-order valence-electron chi connectivity index (χ3n) is 7.66. The maximum atomic E-state index is 13.3. The van der Waals surface area contributed by atoms with Crippen LogP contribution in [0.4, 0.5) is 4.79 Å². The molecule has 0 aromatic heterocycles. The zero-order chi connectivity index (χ0) is 20.6. The van der Waals surface area contributed by atoms with Gasteiger partial charge in [-0.3, -0.25) is 0 Å². The first-order valence-corrected chi connectivity index (χ1v) is 12.0. The number of rotatable bonds is 3. The van der Waals surface area contributed by atoms with Crippen LogP contribution in [0.25, 0.3) is 0 Å². The summed E-state index contributed by atoms with van der Waals surface area (Å²) in [5.74, 6) is 1.65. The second-order valence-corrected chi connectivity index (χ2v) is 10.9. The number of likely N-dealkylation sites (tertiary alicyclic amines) is 1. The Morgan fingerprint density at radius 2 is 1.90 bits per heavy atom. The summed E-state index contributed by atoms with van der Waals surface area (Å²) in [6.07, 6.45) is 8.67. The summed E-state index contributed by atoms with van der Waals surface area (Å²) in [6, 6.07) is 10.9. The molecule has 4 heteroatoms. The number of ether oxygens (including phenoxy) is 1. The molecule has 2 fully saturated rings. The van der Waals surface area contributed by atoms with E-state index in [0.717, 1.165) is 43.1 Å². The highest BCUT2D eigenvalue weighted by Gasteiger charge is 2.44. The number of amides is 1. The molecular formula is C25H34BrNO2. The van der Waals surface area contributed by atoms with E-state index < -0.39 is 0 Å². The molecule has 1 aromatic carbocycles. The Morgan fingerprint density at radius 3 is 2.66 bits per heavy atom. The number of allylic oxidation sites excluding steroid dienone is 1. The van der Waals surface area contributed by atoms with Crippen LogP contribution < -0.4 is 0 Å². The van der Waals surface area contributed by atoms with Crippen molar-refractivity contribution in [2.75, 3.05) is 6.54 Å². The predicted octanol–water partition coefficient (Wildman–Crippen LogP) is 6.67. The van der Waals surface area contributed by atoms with Gasteiger partial charge in [-0.15, -0.1) is 0 Å². The van der Waals surface area contributed by atoms with Gasteiger partial charge in [-0.1, -0.05) is 79.5 Å². The van der Waals surface area contributed by atoms with Crippen molar-refractivity contribution < 1.29 is 9.53 Å². The Labute approximate surface area is 184 Å². The molecule has 1 aromatic rings. The van der Waals surface area contributed by atoms with Crippen molar-refractivity contribution in [2.45, 2.75) is 76.9 Å². The number of hydrogen-bond acceptors (Lipinski definition) is 2. The molecule has 0 spiro atoms. The van der Waals surface area contributed by atoms with Crippen LogP contribution in [0, 0.1) is 17.8 Å². The molecule has 0 radical (unpaired) electrons. The van der Waals surface area contributed by atoms with E-state index in [9.17, 15) is 4.79 Å². The predicted molar refractivity (Wildman–Crippen MR) is 121 cm³/mol. The molecule has 3 nitrogen and oxygen atoms in total. The Bertz CT molecular complexity index is 759. The van der Waals surface area contributed by atoms with Gasteiger partial charge >= 0.3 is 6.09 Å². The van der Waals surface area contributed by atoms with Gasteiger partial charge in [0.25, 0.3) is 0 Å². The number of nitrogens with zero attached hydrogens (tertiary/aromatic N) is 1. The number of benzene rings is 1. The van der Waals surface area contributed by atoms with E-state index in [0.29, 0.717) is 17.8 Å². The van der Waals surface area contributed by atoms with Crippen LogP contribution in [0.1, 0.15) is 64.9 Å². The molecule has 29 heavy (non-hydrogen) atoms. The molecule has 1 saturated carbocycles. The molecule has 4 rings (SSSR count). The lowest BCUT2D eigenvalue weighted by atomic mass is 9.64. The molecule has 0 unspecified atom stereocenters. The van der Waals surface area contributed by atoms with Crippen LogP contribution in [0.3, 0.4) is 0 Å². The lowest BCUT2D eigenvalue weighted by Gasteiger charge is -2.46. The molecule has 0 N–H and O–H groups in total. The summed E-state index contributed by atoms with van der Waals surface area (Å²) < 4.78 is 7.46. The average molecular weight is 460 g/mol. The van der Waals surface area contributed by atoms with Gasteiger partial charge in [0.15, 0.2) is 0 Å². The highest BCUT2D eigenvalue weighted by Crippen LogP contribution is 2.44. The Balaban J connectivity index is 1.52. The first-order valence-electron chi connectivity index (χ1n) is 11.2. The van der Waals surface area contributed by atoms with Crippen LogP contribution in [0.5, 0.6) is 0 Å². The number of hydrogen-bond donors (Lipinski definition) is 0. The Kier molecular flexibility index (Phi) is 6.11. The smallest absolute Gasteiger partial charge is 0.410 e. The maximum Gasteiger partial charge on any atom is 0.410 e. The monoisotopic (exact) mass is 459 g/mol. The van der Waals surface area contributed by atoms with Gasteiger partial charge in [0.05, 0.1) is 6.04 Å². The summed E-state index contributed by atoms with van der Waals surface area (Å²) in [6.45, 7) is 7.73. The zero-order valence-electron chi connectivity index (χ0n) is 17.9. The number of fused-ring (bicyclic) bond motifs is 2. The first kappa shape index (κ1) is 21.0. The van der Waals surface area contributed by atoms with Crippen LogP contribution in [0.15, 0.2) is 40.9 Å². The summed E-state index contributed by atoms with van der Waals surface area (Å²) in [7, 11) is 0. The second kappa shape index (κ2) is 8.45. The third-order valence-corrected chi connectivity index (χ3v) is 8.51. The minimum Gasteiger partial charge on any atom is -0.446 e. The van der Waals surface area contributed by atoms with Crippen molar-refractivity contribution in [3.63, 3.8) is 0 Å². The summed E-state index contributed by atoms with van der Waals surface area (Å²) in [4.78, 5) is 15.3. The molecule has 3 aliphatic rings. The van der Waals surface area contributed by atoms with Gasteiger partial charge in [0.1, 0.15) is 6.10 Å². The first-order chi connectivity index (χ1) is 13.9. The molecule has 5 atom stereocenters. The lowest BCUT2D eigenvalue weighted by Crippen LogP contribution is -2.51. The fourth-order valence-corrected chi connectivity index (χ4v) is 6.33. The molecule has 158 valence electrons. The minimum atomic E-state index is -0.117. The largest absolute Gasteiger partial charge is 0.446 e. The average Bonchev–Trinajstić information content (AvgIpc) is 2.71. The van der Waals surface area contributed by atoms with E-state index in [4.69, 9.17) is 4.74 Å². The van der Waals surface area contributed by atoms with Gasteiger partial charge in [-0.05, 0) is 54.9 Å². The van der Waals surface area contributed by atoms with Crippen molar-refractivity contribution in [2.24, 2.45) is 17.8 Å². The Hall–Kier alpha value is -1.29. The van der Waals surface area contributed by atoms with Gasteiger partial charge in [0, 0.05) is 16.9 Å². The van der Waals surface area contributed by atoms with Gasteiger partial charge in [-0.25, -0.2) is 4.79 Å². The van der Waals surface area contributed by atoms with Crippen molar-refractivity contribution in [3.8, 4) is 0 Å². The van der Waals surface area contributed by atoms with Gasteiger partial charge in [-0.2, -0.15) is 0 Å². The van der Waals surface area contributed by atoms with Crippen molar-refractivity contribution >= 4 is 22.0 Å². The third kappa shape index (κ3) is 4.28. The number of carbonyl (C=O) groups excluding carboxylic acids is 1. The van der Waals surface area contributed by atoms with Crippen molar-refractivity contribution in [1.29, 1.82) is 0 Å². The van der Waals surface area contributed by atoms with E-state index in [-0.39, 0.29) is 23.7 Å². The lowest BCUT2D eigenvalue weighted by molar-refractivity contribution is -0.0260. The van der Waals surface area contributed by atoms with E-state index in [2.05, 4.69) is 73.1 Å². The highest BCUT2D eigenvalue weighted by atomic mass is 79.9. The molecule has 1 amide bonds. The number of carbonyl (C=O) groups is 1. The van der Waals surface area contributed by atoms with Crippen molar-refractivity contribution in [1.82, 2.24) is 4.90 Å². The van der Waals surface area contributed by atoms with E-state index in [1.54, 1.807) is 0 Å². The van der Waals surface area contributed by atoms with Crippen LogP contribution in [-0.4, -0.2) is 29.7 Å². The van der Waals surface area contributed by atoms with Gasteiger partial charge in [0.2, 0.25) is 0 Å². The minimum absolute atomic E-state index is 0.0227. The second-order valence-electron chi connectivity index (χ2n) is 9.96. The van der Waals surface area contributed by atoms with Crippen LogP contribution in [-0.2, 0) is 10.2 Å². The molecule has 2 aliphatic carbocycles. The summed E-state index contributed by atoms with van der Waals surface area (Å²) in [5.41, 5.74) is 1.31. The summed E-state index contributed by atoms with van der Waals surface area (Å²) >= 11 is 3.71. The molecule has 1 aliphatic heterocycles. The maximum absolute atomic E-state index is 13.3. The molecule has 2 bridgehead atoms. The Morgan fingerprint density at radius 1 is 1.14 bits per heavy atom. The quantitative estimate of drug-likeness (QED) is 0.504. The number of halogens is 1. The number of piperidine rings is 1. The van der Waals surface area contributed by atoms with Crippen LogP contribution in [0.2, 0.25) is 0 Å². The topological polar surface area (TPSA) is 29.5 Å². The SMILES string of the molecule is C[C@@H]1CC[C@@H](C(C)(C)c2ccccc2)[C@H](OC(=O)N2CC[C@@H]3CC=C(Br)[C@H]2C3)C1. The van der Waals surface area contributed by atoms with E-state index in [1.165, 1.54) is 12.0 Å².